The molecule has 0 bridgehead atoms. The van der Waals surface area contributed by atoms with Gasteiger partial charge in [-0.2, -0.15) is 5.10 Å². The zero-order chi connectivity index (χ0) is 24.9. The van der Waals surface area contributed by atoms with Crippen LogP contribution in [0.25, 0.3) is 16.5 Å². The quantitative estimate of drug-likeness (QED) is 0.571. The zero-order valence-corrected chi connectivity index (χ0v) is 20.8. The Labute approximate surface area is 204 Å². The van der Waals surface area contributed by atoms with Gasteiger partial charge >= 0.3 is 0 Å². The number of hydrogen-bond acceptors (Lipinski definition) is 3. The number of hydrogen-bond donors (Lipinski definition) is 1. The summed E-state index contributed by atoms with van der Waals surface area (Å²) in [6.07, 6.45) is 8.04. The molecule has 1 N–H and O–H groups in total. The van der Waals surface area contributed by atoms with E-state index < -0.39 is 5.41 Å². The fraction of sp³-hybridized carbons (Fsp3) is 0.444. The first-order valence-corrected chi connectivity index (χ1v) is 12.2. The number of fused-ring (bicyclic) bond motifs is 1. The normalized spacial score (nSPS) is 17.1. The molecule has 0 spiro atoms. The van der Waals surface area contributed by atoms with E-state index in [2.05, 4.69) is 23.9 Å². The highest BCUT2D eigenvalue weighted by Crippen LogP contribution is 2.49. The van der Waals surface area contributed by atoms with E-state index >= 15 is 4.39 Å². The molecule has 7 nitrogen and oxygen atoms in total. The number of H-pyrrole nitrogens is 1. The molecule has 1 aliphatic heterocycles. The van der Waals surface area contributed by atoms with Crippen LogP contribution in [0.5, 0.6) is 0 Å². The van der Waals surface area contributed by atoms with Gasteiger partial charge in [-0.15, -0.1) is 0 Å². The van der Waals surface area contributed by atoms with Crippen LogP contribution in [0.4, 0.5) is 4.39 Å². The topological polar surface area (TPSA) is 74.2 Å². The number of carbonyl (C=O) groups is 2. The predicted molar refractivity (Wildman–Crippen MR) is 133 cm³/mol. The van der Waals surface area contributed by atoms with E-state index in [1.54, 1.807) is 26.4 Å². The molecule has 1 fully saturated rings. The van der Waals surface area contributed by atoms with E-state index in [1.165, 1.54) is 4.90 Å². The Balaban J connectivity index is 1.47. The summed E-state index contributed by atoms with van der Waals surface area (Å²) in [6.45, 7) is 5.72. The van der Waals surface area contributed by atoms with Gasteiger partial charge in [0.1, 0.15) is 5.69 Å². The molecule has 35 heavy (non-hydrogen) atoms. The highest BCUT2D eigenvalue weighted by molar-refractivity contribution is 6.00. The van der Waals surface area contributed by atoms with Gasteiger partial charge in [0.2, 0.25) is 5.91 Å². The van der Waals surface area contributed by atoms with Crippen molar-refractivity contribution in [3.63, 3.8) is 0 Å². The Morgan fingerprint density at radius 2 is 2.03 bits per heavy atom. The second kappa shape index (κ2) is 8.66. The summed E-state index contributed by atoms with van der Waals surface area (Å²) in [7, 11) is 3.35. The Morgan fingerprint density at radius 3 is 2.66 bits per heavy atom. The molecule has 0 radical (unpaired) electrons. The number of nitrogens with zero attached hydrogens (tertiary/aromatic N) is 4. The molecule has 184 valence electrons. The molecule has 5 rings (SSSR count). The minimum atomic E-state index is -0.402. The van der Waals surface area contributed by atoms with Crippen molar-refractivity contribution in [2.45, 2.75) is 45.6 Å². The van der Waals surface area contributed by atoms with Crippen molar-refractivity contribution < 1.29 is 14.0 Å². The van der Waals surface area contributed by atoms with Crippen LogP contribution >= 0.6 is 0 Å². The fourth-order valence-corrected chi connectivity index (χ4v) is 5.10. The first-order chi connectivity index (χ1) is 16.7. The lowest BCUT2D eigenvalue weighted by molar-refractivity contribution is -0.137. The van der Waals surface area contributed by atoms with Crippen LogP contribution in [0.3, 0.4) is 0 Å². The summed E-state index contributed by atoms with van der Waals surface area (Å²) in [6, 6.07) is 5.51. The minimum Gasteiger partial charge on any atom is -0.348 e. The number of aromatic nitrogens is 3. The predicted octanol–water partition coefficient (Wildman–Crippen LogP) is 4.42. The number of aromatic amines is 1. The van der Waals surface area contributed by atoms with Gasteiger partial charge in [-0.3, -0.25) is 14.3 Å². The van der Waals surface area contributed by atoms with Gasteiger partial charge in [0.05, 0.1) is 17.5 Å². The van der Waals surface area contributed by atoms with E-state index in [-0.39, 0.29) is 23.5 Å². The third-order valence-electron chi connectivity index (χ3n) is 7.26. The Kier molecular flexibility index (Phi) is 5.77. The molecule has 3 aromatic rings. The minimum absolute atomic E-state index is 0.128. The molecular formula is C27H32FN5O2. The molecule has 1 saturated carbocycles. The van der Waals surface area contributed by atoms with Crippen molar-refractivity contribution in [2.75, 3.05) is 27.2 Å². The zero-order valence-electron chi connectivity index (χ0n) is 20.8. The van der Waals surface area contributed by atoms with Gasteiger partial charge in [-0.1, -0.05) is 19.9 Å². The van der Waals surface area contributed by atoms with Gasteiger partial charge in [0.25, 0.3) is 5.91 Å². The van der Waals surface area contributed by atoms with Crippen molar-refractivity contribution in [1.29, 1.82) is 0 Å². The fourth-order valence-electron chi connectivity index (χ4n) is 5.10. The largest absolute Gasteiger partial charge is 0.348 e. The van der Waals surface area contributed by atoms with E-state index in [0.29, 0.717) is 42.8 Å². The van der Waals surface area contributed by atoms with Gasteiger partial charge in [0.15, 0.2) is 5.82 Å². The maximum absolute atomic E-state index is 15.9. The summed E-state index contributed by atoms with van der Waals surface area (Å²) < 4.78 is 17.7. The van der Waals surface area contributed by atoms with E-state index in [1.807, 2.05) is 34.0 Å². The maximum Gasteiger partial charge on any atom is 0.269 e. The van der Waals surface area contributed by atoms with E-state index in [0.717, 1.165) is 29.4 Å². The van der Waals surface area contributed by atoms with Crippen molar-refractivity contribution in [2.24, 2.45) is 5.41 Å². The van der Waals surface area contributed by atoms with Crippen LogP contribution in [0.2, 0.25) is 0 Å². The van der Waals surface area contributed by atoms with Gasteiger partial charge in [0, 0.05) is 50.5 Å². The lowest BCUT2D eigenvalue weighted by Crippen LogP contribution is -2.42. The average molecular weight is 478 g/mol. The third kappa shape index (κ3) is 4.15. The summed E-state index contributed by atoms with van der Waals surface area (Å²) in [5.74, 6) is -0.304. The van der Waals surface area contributed by atoms with Crippen LogP contribution in [0.1, 0.15) is 60.6 Å². The molecule has 3 heterocycles. The highest BCUT2D eigenvalue weighted by atomic mass is 19.1. The van der Waals surface area contributed by atoms with Crippen LogP contribution in [0, 0.1) is 11.2 Å². The summed E-state index contributed by atoms with van der Waals surface area (Å²) in [5.41, 5.74) is 2.61. The molecule has 0 saturated heterocycles. The van der Waals surface area contributed by atoms with Gasteiger partial charge < -0.3 is 14.8 Å². The average Bonchev–Trinajstić information content (AvgIpc) is 3.21. The molecule has 8 heteroatoms. The summed E-state index contributed by atoms with van der Waals surface area (Å²) in [5, 5.41) is 5.01. The molecule has 1 aliphatic carbocycles. The summed E-state index contributed by atoms with van der Waals surface area (Å²) >= 11 is 0. The van der Waals surface area contributed by atoms with E-state index in [9.17, 15) is 9.59 Å². The first-order valence-electron chi connectivity index (χ1n) is 12.2. The highest BCUT2D eigenvalue weighted by Gasteiger charge is 2.52. The molecular weight excluding hydrogens is 445 g/mol. The Bertz CT molecular complexity index is 1320. The molecule has 0 unspecified atom stereocenters. The molecule has 0 atom stereocenters. The number of amides is 2. The van der Waals surface area contributed by atoms with Crippen molar-refractivity contribution in [3.05, 3.63) is 59.3 Å². The van der Waals surface area contributed by atoms with Crippen LogP contribution < -0.4 is 0 Å². The lowest BCUT2D eigenvalue weighted by atomic mass is 9.91. The standard InChI is InChI=1S/C27H32FN5O2/c1-17(2)19-13-20(23(28)24-21(19)14-22(30-24)25(34)31(3)4)18-7-5-11-32(15-18)26(35)27(8-9-27)16-33-12-6-10-29-33/h6-7,10,12-14,17,30H,5,8-9,11,15-16H2,1-4H3. The molecule has 2 aliphatic rings. The second-order valence-electron chi connectivity index (χ2n) is 10.4. The number of carbonyl (C=O) groups excluding carboxylic acids is 2. The lowest BCUT2D eigenvalue weighted by Gasteiger charge is -2.31. The maximum atomic E-state index is 15.9. The summed E-state index contributed by atoms with van der Waals surface area (Å²) in [4.78, 5) is 32.4. The number of benzene rings is 1. The monoisotopic (exact) mass is 477 g/mol. The van der Waals surface area contributed by atoms with Crippen LogP contribution in [-0.2, 0) is 11.3 Å². The van der Waals surface area contributed by atoms with Crippen molar-refractivity contribution in [3.8, 4) is 0 Å². The number of halogens is 1. The van der Waals surface area contributed by atoms with Gasteiger partial charge in [-0.05, 0) is 54.5 Å². The second-order valence-corrected chi connectivity index (χ2v) is 10.4. The molecule has 1 aromatic carbocycles. The van der Waals surface area contributed by atoms with Gasteiger partial charge in [-0.25, -0.2) is 4.39 Å². The van der Waals surface area contributed by atoms with Crippen molar-refractivity contribution in [1.82, 2.24) is 24.6 Å². The Morgan fingerprint density at radius 1 is 1.26 bits per heavy atom. The van der Waals surface area contributed by atoms with Crippen LogP contribution in [0.15, 0.2) is 36.7 Å². The number of nitrogens with one attached hydrogen (secondary N) is 1. The van der Waals surface area contributed by atoms with E-state index in [4.69, 9.17) is 0 Å². The molecule has 2 aromatic heterocycles. The number of rotatable bonds is 6. The SMILES string of the molecule is CC(C)c1cc(C2=CCCN(C(=O)C3(Cn4cccn4)CC3)C2)c(F)c2[nH]c(C(=O)N(C)C)cc12. The third-order valence-corrected chi connectivity index (χ3v) is 7.26. The first kappa shape index (κ1) is 23.3. The van der Waals surface area contributed by atoms with Crippen molar-refractivity contribution >= 4 is 28.3 Å². The smallest absolute Gasteiger partial charge is 0.269 e. The Hall–Kier alpha value is -3.42. The molecule has 2 amide bonds. The van der Waals surface area contributed by atoms with Crippen LogP contribution in [-0.4, -0.2) is 63.6 Å².